The topological polar surface area (TPSA) is 83.4 Å². The van der Waals surface area contributed by atoms with Gasteiger partial charge in [0.05, 0.1) is 45.9 Å². The summed E-state index contributed by atoms with van der Waals surface area (Å²) in [4.78, 5) is 17.1. The summed E-state index contributed by atoms with van der Waals surface area (Å²) in [6.07, 6.45) is 4.04. The molecule has 5 rings (SSSR count). The van der Waals surface area contributed by atoms with Crippen molar-refractivity contribution in [2.45, 2.75) is 76.7 Å². The number of nitrogens with one attached hydrogen (secondary N) is 1. The quantitative estimate of drug-likeness (QED) is 0.461. The first-order chi connectivity index (χ1) is 16.4. The van der Waals surface area contributed by atoms with Crippen molar-refractivity contribution in [3.8, 4) is 0 Å². The number of morpholine rings is 1. The van der Waals surface area contributed by atoms with Gasteiger partial charge in [-0.05, 0) is 63.8 Å². The van der Waals surface area contributed by atoms with Crippen LogP contribution in [-0.4, -0.2) is 62.4 Å². The maximum atomic E-state index is 9.87. The van der Waals surface area contributed by atoms with Gasteiger partial charge in [-0.25, -0.2) is 15.0 Å². The summed E-state index contributed by atoms with van der Waals surface area (Å²) in [7, 11) is 0. The van der Waals surface area contributed by atoms with Crippen LogP contribution in [0.25, 0.3) is 10.2 Å². The zero-order chi connectivity index (χ0) is 23.7. The molecule has 1 aliphatic heterocycles. The second-order valence-corrected chi connectivity index (χ2v) is 11.7. The highest BCUT2D eigenvalue weighted by atomic mass is 79.9. The minimum absolute atomic E-state index is 0.177. The molecular weight excluding hydrogens is 514 g/mol. The second kappa shape index (κ2) is 10.5. The molecule has 2 atom stereocenters. The lowest BCUT2D eigenvalue weighted by Crippen LogP contribution is -2.49. The molecule has 2 aromatic heterocycles. The van der Waals surface area contributed by atoms with Gasteiger partial charge in [0.15, 0.2) is 0 Å². The highest BCUT2D eigenvalue weighted by Gasteiger charge is 2.26. The van der Waals surface area contributed by atoms with Gasteiger partial charge in [0.2, 0.25) is 5.95 Å². The standard InChI is InChI=1S/C25H32BrN5O2S/c1-15-13-33-14-16(2)31(15)12-20-10-19(11-24-30-22-8-3-17(26)9-23(22)34-24)28-25(29-20)27-18-4-6-21(32)7-5-18/h3,8-10,15-16,18,21,32H,4-7,11-14H2,1-2H3,(H,27,28,29)/t15-,16-,18?,21?/m1/s1. The highest BCUT2D eigenvalue weighted by Crippen LogP contribution is 2.28. The summed E-state index contributed by atoms with van der Waals surface area (Å²) in [6, 6.07) is 9.33. The molecule has 9 heteroatoms. The normalized spacial score (nSPS) is 26.1. The summed E-state index contributed by atoms with van der Waals surface area (Å²) in [5.41, 5.74) is 3.02. The van der Waals surface area contributed by atoms with Crippen LogP contribution in [0.2, 0.25) is 0 Å². The van der Waals surface area contributed by atoms with Crippen LogP contribution in [0.3, 0.4) is 0 Å². The molecule has 1 saturated heterocycles. The van der Waals surface area contributed by atoms with Crippen LogP contribution in [0.1, 0.15) is 55.9 Å². The third-order valence-corrected chi connectivity index (χ3v) is 8.30. The second-order valence-electron chi connectivity index (χ2n) is 9.63. The molecule has 1 aliphatic carbocycles. The maximum absolute atomic E-state index is 9.87. The van der Waals surface area contributed by atoms with Crippen LogP contribution in [0.4, 0.5) is 5.95 Å². The van der Waals surface area contributed by atoms with Crippen molar-refractivity contribution in [3.05, 3.63) is 45.1 Å². The summed E-state index contributed by atoms with van der Waals surface area (Å²) in [5, 5.41) is 14.5. The fraction of sp³-hybridized carbons (Fsp3) is 0.560. The van der Waals surface area contributed by atoms with E-state index in [0.717, 1.165) is 71.8 Å². The van der Waals surface area contributed by atoms with Gasteiger partial charge in [-0.2, -0.15) is 0 Å². The average Bonchev–Trinajstić information content (AvgIpc) is 3.19. The zero-order valence-corrected chi connectivity index (χ0v) is 22.1. The number of benzene rings is 1. The minimum Gasteiger partial charge on any atom is -0.393 e. The van der Waals surface area contributed by atoms with Gasteiger partial charge in [-0.1, -0.05) is 15.9 Å². The number of aliphatic hydroxyl groups excluding tert-OH is 1. The van der Waals surface area contributed by atoms with E-state index >= 15 is 0 Å². The molecule has 0 radical (unpaired) electrons. The highest BCUT2D eigenvalue weighted by molar-refractivity contribution is 9.10. The number of nitrogens with zero attached hydrogens (tertiary/aromatic N) is 4. The van der Waals surface area contributed by atoms with Crippen molar-refractivity contribution in [2.24, 2.45) is 0 Å². The molecule has 0 spiro atoms. The van der Waals surface area contributed by atoms with Gasteiger partial charge in [0.25, 0.3) is 0 Å². The predicted molar refractivity (Wildman–Crippen MR) is 139 cm³/mol. The minimum atomic E-state index is -0.177. The Morgan fingerprint density at radius 2 is 1.79 bits per heavy atom. The van der Waals surface area contributed by atoms with Gasteiger partial charge in [0.1, 0.15) is 0 Å². The van der Waals surface area contributed by atoms with Crippen molar-refractivity contribution in [1.29, 1.82) is 0 Å². The van der Waals surface area contributed by atoms with Crippen molar-refractivity contribution < 1.29 is 9.84 Å². The fourth-order valence-electron chi connectivity index (χ4n) is 4.90. The van der Waals surface area contributed by atoms with Crippen LogP contribution in [0.15, 0.2) is 28.7 Å². The number of aromatic nitrogens is 3. The van der Waals surface area contributed by atoms with E-state index in [1.54, 1.807) is 11.3 Å². The lowest BCUT2D eigenvalue weighted by atomic mass is 9.93. The van der Waals surface area contributed by atoms with E-state index in [2.05, 4.69) is 58.2 Å². The number of halogens is 1. The maximum Gasteiger partial charge on any atom is 0.223 e. The molecule has 1 saturated carbocycles. The Kier molecular flexibility index (Phi) is 7.46. The van der Waals surface area contributed by atoms with Gasteiger partial charge in [-0.15, -0.1) is 11.3 Å². The van der Waals surface area contributed by atoms with Crippen molar-refractivity contribution >= 4 is 43.4 Å². The Bertz CT molecular complexity index is 1120. The molecule has 182 valence electrons. The van der Waals surface area contributed by atoms with Crippen LogP contribution in [0, 0.1) is 0 Å². The number of aliphatic hydroxyl groups is 1. The Morgan fingerprint density at radius 3 is 2.56 bits per heavy atom. The number of hydrogen-bond acceptors (Lipinski definition) is 8. The number of rotatable bonds is 6. The SMILES string of the molecule is C[C@@H]1COC[C@@H](C)N1Cc1cc(Cc2nc3ccc(Br)cc3s2)nc(NC2CCC(O)CC2)n1. The molecule has 1 aromatic carbocycles. The van der Waals surface area contributed by atoms with E-state index in [9.17, 15) is 5.11 Å². The number of fused-ring (bicyclic) bond motifs is 1. The largest absolute Gasteiger partial charge is 0.393 e. The van der Waals surface area contributed by atoms with Gasteiger partial charge in [-0.3, -0.25) is 4.90 Å². The van der Waals surface area contributed by atoms with Crippen LogP contribution >= 0.6 is 27.3 Å². The molecular formula is C25H32BrN5O2S. The third kappa shape index (κ3) is 5.76. The van der Waals surface area contributed by atoms with E-state index in [4.69, 9.17) is 19.7 Å². The Labute approximate surface area is 213 Å². The molecule has 2 aliphatic rings. The molecule has 7 nitrogen and oxygen atoms in total. The molecule has 2 fully saturated rings. The molecule has 0 amide bonds. The lowest BCUT2D eigenvalue weighted by Gasteiger charge is -2.38. The smallest absolute Gasteiger partial charge is 0.223 e. The molecule has 0 unspecified atom stereocenters. The zero-order valence-electron chi connectivity index (χ0n) is 19.7. The van der Waals surface area contributed by atoms with Gasteiger partial charge < -0.3 is 15.2 Å². The fourth-order valence-corrected chi connectivity index (χ4v) is 6.44. The Balaban J connectivity index is 1.40. The summed E-state index contributed by atoms with van der Waals surface area (Å²) in [5.74, 6) is 0.686. The Morgan fingerprint density at radius 1 is 1.06 bits per heavy atom. The van der Waals surface area contributed by atoms with Crippen molar-refractivity contribution in [2.75, 3.05) is 18.5 Å². The molecule has 0 bridgehead atoms. The third-order valence-electron chi connectivity index (χ3n) is 6.78. The molecule has 34 heavy (non-hydrogen) atoms. The molecule has 3 aromatic rings. The first kappa shape index (κ1) is 24.1. The summed E-state index contributed by atoms with van der Waals surface area (Å²) >= 11 is 5.27. The van der Waals surface area contributed by atoms with Crippen molar-refractivity contribution in [1.82, 2.24) is 19.9 Å². The summed E-state index contributed by atoms with van der Waals surface area (Å²) < 4.78 is 7.96. The first-order valence-electron chi connectivity index (χ1n) is 12.1. The van der Waals surface area contributed by atoms with E-state index in [1.807, 2.05) is 6.07 Å². The number of hydrogen-bond donors (Lipinski definition) is 2. The Hall–Kier alpha value is -1.65. The van der Waals surface area contributed by atoms with E-state index in [1.165, 1.54) is 4.70 Å². The van der Waals surface area contributed by atoms with Crippen LogP contribution < -0.4 is 5.32 Å². The van der Waals surface area contributed by atoms with E-state index < -0.39 is 0 Å². The number of ether oxygens (including phenoxy) is 1. The van der Waals surface area contributed by atoms with E-state index in [0.29, 0.717) is 30.5 Å². The molecule has 2 N–H and O–H groups in total. The van der Waals surface area contributed by atoms with E-state index in [-0.39, 0.29) is 6.10 Å². The first-order valence-corrected chi connectivity index (χ1v) is 13.7. The lowest BCUT2D eigenvalue weighted by molar-refractivity contribution is -0.0414. The van der Waals surface area contributed by atoms with Crippen LogP contribution in [-0.2, 0) is 17.7 Å². The average molecular weight is 547 g/mol. The molecule has 3 heterocycles. The summed E-state index contributed by atoms with van der Waals surface area (Å²) in [6.45, 7) is 6.69. The predicted octanol–water partition coefficient (Wildman–Crippen LogP) is 4.76. The van der Waals surface area contributed by atoms with Gasteiger partial charge >= 0.3 is 0 Å². The van der Waals surface area contributed by atoms with Gasteiger partial charge in [0, 0.05) is 35.6 Å². The monoisotopic (exact) mass is 545 g/mol. The number of anilines is 1. The van der Waals surface area contributed by atoms with Crippen LogP contribution in [0.5, 0.6) is 0 Å². The number of thiazole rings is 1. The van der Waals surface area contributed by atoms with Crippen molar-refractivity contribution in [3.63, 3.8) is 0 Å².